The van der Waals surface area contributed by atoms with Gasteiger partial charge in [0.05, 0.1) is 52.8 Å². The second kappa shape index (κ2) is 10.3. The number of rotatable bonds is 6. The van der Waals surface area contributed by atoms with Gasteiger partial charge in [0.25, 0.3) is 0 Å². The lowest BCUT2D eigenvalue weighted by Gasteiger charge is -2.13. The fraction of sp³-hybridized carbons (Fsp3) is 0.240. The topological polar surface area (TPSA) is 59.7 Å². The molecule has 0 aliphatic carbocycles. The minimum Gasteiger partial charge on any atom is -0.329 e. The number of halogens is 5. The molecule has 0 saturated carbocycles. The molecule has 12 heteroatoms. The van der Waals surface area contributed by atoms with E-state index in [0.717, 1.165) is 27.3 Å². The number of hydrogen-bond acceptors (Lipinski definition) is 3. The molecule has 2 heterocycles. The average Bonchev–Trinajstić information content (AvgIpc) is 3.28. The molecule has 6 nitrogen and oxygen atoms in total. The first-order valence-electron chi connectivity index (χ1n) is 11.2. The van der Waals surface area contributed by atoms with Crippen molar-refractivity contribution in [3.8, 4) is 0 Å². The van der Waals surface area contributed by atoms with Crippen molar-refractivity contribution in [2.75, 3.05) is 10.6 Å². The Bertz CT molecular complexity index is 1470. The molecule has 0 atom stereocenters. The predicted molar refractivity (Wildman–Crippen MR) is 134 cm³/mol. The molecule has 2 N–H and O–H groups in total. The van der Waals surface area contributed by atoms with E-state index in [0.29, 0.717) is 23.6 Å². The van der Waals surface area contributed by atoms with E-state index in [9.17, 15) is 22.0 Å². The number of benzene rings is 2. The number of thiocarbonyl (C=S) groups is 1. The molecule has 194 valence electrons. The summed E-state index contributed by atoms with van der Waals surface area (Å²) in [4.78, 5) is 0. The lowest BCUT2D eigenvalue weighted by atomic mass is 10.1. The van der Waals surface area contributed by atoms with Crippen molar-refractivity contribution in [3.63, 3.8) is 0 Å². The van der Waals surface area contributed by atoms with Crippen molar-refractivity contribution >= 4 is 28.7 Å². The van der Waals surface area contributed by atoms with Crippen molar-refractivity contribution in [2.45, 2.75) is 40.8 Å². The second-order valence-electron chi connectivity index (χ2n) is 8.52. The van der Waals surface area contributed by atoms with Crippen LogP contribution in [0.15, 0.2) is 30.3 Å². The zero-order valence-electron chi connectivity index (χ0n) is 20.4. The summed E-state index contributed by atoms with van der Waals surface area (Å²) < 4.78 is 72.0. The van der Waals surface area contributed by atoms with Gasteiger partial charge in [0.15, 0.2) is 28.4 Å². The third-order valence-electron chi connectivity index (χ3n) is 6.02. The van der Waals surface area contributed by atoms with Crippen LogP contribution in [0.1, 0.15) is 33.9 Å². The van der Waals surface area contributed by atoms with Gasteiger partial charge in [-0.15, -0.1) is 0 Å². The van der Waals surface area contributed by atoms with Gasteiger partial charge in [-0.2, -0.15) is 10.2 Å². The molecular formula is C25H23F5N6S. The summed E-state index contributed by atoms with van der Waals surface area (Å²) in [5.41, 5.74) is 3.66. The number of nitrogens with zero attached hydrogens (tertiary/aromatic N) is 4. The molecule has 0 fully saturated rings. The van der Waals surface area contributed by atoms with E-state index in [1.807, 2.05) is 48.9 Å². The smallest absolute Gasteiger partial charge is 0.200 e. The van der Waals surface area contributed by atoms with Crippen LogP contribution in [0.3, 0.4) is 0 Å². The molecule has 37 heavy (non-hydrogen) atoms. The maximum atomic E-state index is 14.2. The van der Waals surface area contributed by atoms with Gasteiger partial charge in [0.2, 0.25) is 5.82 Å². The van der Waals surface area contributed by atoms with Crippen LogP contribution in [0.4, 0.5) is 33.3 Å². The van der Waals surface area contributed by atoms with Crippen LogP contribution in [-0.4, -0.2) is 24.7 Å². The highest BCUT2D eigenvalue weighted by molar-refractivity contribution is 7.80. The largest absolute Gasteiger partial charge is 0.329 e. The number of hydrogen-bond donors (Lipinski definition) is 2. The maximum absolute atomic E-state index is 14.2. The van der Waals surface area contributed by atoms with E-state index in [2.05, 4.69) is 20.8 Å². The molecule has 4 rings (SSSR count). The fourth-order valence-electron chi connectivity index (χ4n) is 4.02. The van der Waals surface area contributed by atoms with Crippen LogP contribution in [0.25, 0.3) is 0 Å². The average molecular weight is 535 g/mol. The minimum absolute atomic E-state index is 0.215. The molecule has 2 aromatic carbocycles. The molecular weight excluding hydrogens is 511 g/mol. The molecule has 0 unspecified atom stereocenters. The van der Waals surface area contributed by atoms with Crippen molar-refractivity contribution in [3.05, 3.63) is 93.3 Å². The highest BCUT2D eigenvalue weighted by atomic mass is 32.1. The van der Waals surface area contributed by atoms with E-state index < -0.39 is 41.2 Å². The second-order valence-corrected chi connectivity index (χ2v) is 8.93. The van der Waals surface area contributed by atoms with Crippen LogP contribution >= 0.6 is 12.2 Å². The number of nitrogens with one attached hydrogen (secondary N) is 2. The van der Waals surface area contributed by atoms with Gasteiger partial charge >= 0.3 is 0 Å². The third kappa shape index (κ3) is 5.06. The van der Waals surface area contributed by atoms with Gasteiger partial charge in [-0.3, -0.25) is 9.36 Å². The van der Waals surface area contributed by atoms with Crippen molar-refractivity contribution in [1.82, 2.24) is 19.6 Å². The van der Waals surface area contributed by atoms with Gasteiger partial charge in [-0.1, -0.05) is 30.3 Å². The van der Waals surface area contributed by atoms with Crippen molar-refractivity contribution < 1.29 is 22.0 Å². The summed E-state index contributed by atoms with van der Waals surface area (Å²) in [5.74, 6) is -10.00. The van der Waals surface area contributed by atoms with Gasteiger partial charge in [0, 0.05) is 0 Å². The molecule has 0 aliphatic heterocycles. The zero-order valence-corrected chi connectivity index (χ0v) is 21.2. The summed E-state index contributed by atoms with van der Waals surface area (Å²) in [5, 5.41) is 15.1. The van der Waals surface area contributed by atoms with Gasteiger partial charge < -0.3 is 10.6 Å². The lowest BCUT2D eigenvalue weighted by molar-refractivity contribution is 0.366. The van der Waals surface area contributed by atoms with E-state index in [4.69, 9.17) is 12.2 Å². The zero-order chi connectivity index (χ0) is 27.0. The molecule has 0 amide bonds. The van der Waals surface area contributed by atoms with Crippen LogP contribution < -0.4 is 10.6 Å². The first-order valence-corrected chi connectivity index (χ1v) is 11.6. The number of aromatic nitrogens is 4. The monoisotopic (exact) mass is 534 g/mol. The van der Waals surface area contributed by atoms with Gasteiger partial charge in [-0.25, -0.2) is 22.0 Å². The summed E-state index contributed by atoms with van der Waals surface area (Å²) in [7, 11) is 0. The van der Waals surface area contributed by atoms with E-state index in [-0.39, 0.29) is 5.11 Å². The Kier molecular flexibility index (Phi) is 7.30. The molecule has 0 saturated heterocycles. The molecule has 0 radical (unpaired) electrons. The first kappa shape index (κ1) is 26.3. The SMILES string of the molecule is Cc1nn(Cc2ccccc2)c(C)c1NC(=S)Nc1c(C)nn(Cc2c(F)c(F)c(F)c(F)c2F)c1C. The Morgan fingerprint density at radius 3 is 1.62 bits per heavy atom. The minimum atomic E-state index is -2.21. The normalized spacial score (nSPS) is 11.2. The molecule has 0 spiro atoms. The summed E-state index contributed by atoms with van der Waals surface area (Å²) >= 11 is 5.47. The summed E-state index contributed by atoms with van der Waals surface area (Å²) in [6, 6.07) is 9.86. The Morgan fingerprint density at radius 2 is 1.14 bits per heavy atom. The van der Waals surface area contributed by atoms with Crippen LogP contribution in [0.2, 0.25) is 0 Å². The molecule has 2 aromatic heterocycles. The lowest BCUT2D eigenvalue weighted by Crippen LogP contribution is -2.21. The Morgan fingerprint density at radius 1 is 0.703 bits per heavy atom. The molecule has 4 aromatic rings. The van der Waals surface area contributed by atoms with Crippen LogP contribution in [-0.2, 0) is 13.1 Å². The highest BCUT2D eigenvalue weighted by Gasteiger charge is 2.27. The van der Waals surface area contributed by atoms with E-state index in [1.54, 1.807) is 13.8 Å². The van der Waals surface area contributed by atoms with Gasteiger partial charge in [0.1, 0.15) is 0 Å². The van der Waals surface area contributed by atoms with Crippen molar-refractivity contribution in [2.24, 2.45) is 0 Å². The Labute approximate surface area is 215 Å². The highest BCUT2D eigenvalue weighted by Crippen LogP contribution is 2.27. The summed E-state index contributed by atoms with van der Waals surface area (Å²) in [6.07, 6.45) is 0. The standard InChI is InChI=1S/C25H23F5N6S/c1-12-23(14(3)35(33-12)10-16-8-6-5-7-9-16)31-25(37)32-24-13(2)34-36(15(24)4)11-17-18(26)20(28)22(30)21(29)19(17)27/h5-9H,10-11H2,1-4H3,(H2,31,32,37). The summed E-state index contributed by atoms with van der Waals surface area (Å²) in [6.45, 7) is 6.89. The predicted octanol–water partition coefficient (Wildman–Crippen LogP) is 5.91. The Hall–Kier alpha value is -3.80. The Balaban J connectivity index is 1.53. The number of anilines is 2. The van der Waals surface area contributed by atoms with Gasteiger partial charge in [-0.05, 0) is 45.5 Å². The third-order valence-corrected chi connectivity index (χ3v) is 6.23. The first-order chi connectivity index (χ1) is 17.5. The molecule has 0 aliphatic rings. The number of aryl methyl sites for hydroxylation is 2. The van der Waals surface area contributed by atoms with E-state index >= 15 is 0 Å². The van der Waals surface area contributed by atoms with Crippen LogP contribution in [0, 0.1) is 56.8 Å². The molecule has 0 bridgehead atoms. The van der Waals surface area contributed by atoms with E-state index in [1.165, 1.54) is 0 Å². The fourth-order valence-corrected chi connectivity index (χ4v) is 4.22. The van der Waals surface area contributed by atoms with Crippen molar-refractivity contribution in [1.29, 1.82) is 0 Å². The van der Waals surface area contributed by atoms with Crippen LogP contribution in [0.5, 0.6) is 0 Å². The maximum Gasteiger partial charge on any atom is 0.200 e. The quantitative estimate of drug-likeness (QED) is 0.139.